The Morgan fingerprint density at radius 1 is 1.03 bits per heavy atom. The summed E-state index contributed by atoms with van der Waals surface area (Å²) >= 11 is 5.03. The lowest BCUT2D eigenvalue weighted by atomic mass is 10.1. The number of benzene rings is 2. The van der Waals surface area contributed by atoms with Crippen molar-refractivity contribution in [1.82, 2.24) is 10.2 Å². The number of carbonyl (C=O) groups excluding carboxylic acids is 2. The van der Waals surface area contributed by atoms with Gasteiger partial charge in [-0.25, -0.2) is 0 Å². The predicted octanol–water partition coefficient (Wildman–Crippen LogP) is 5.71. The van der Waals surface area contributed by atoms with Crippen LogP contribution in [-0.2, 0) is 21.9 Å². The molecule has 31 heavy (non-hydrogen) atoms. The topological polar surface area (TPSA) is 49.4 Å². The third-order valence-electron chi connectivity index (χ3n) is 5.10. The number of nitrogens with zero attached hydrogens (tertiary/aromatic N) is 1. The molecule has 0 fully saturated rings. The second-order valence-corrected chi connectivity index (χ2v) is 9.60. The van der Waals surface area contributed by atoms with Crippen molar-refractivity contribution in [2.75, 3.05) is 12.3 Å². The molecule has 2 aromatic carbocycles. The molecule has 0 unspecified atom stereocenters. The molecule has 6 heteroatoms. The molecule has 0 heterocycles. The lowest BCUT2D eigenvalue weighted by Gasteiger charge is -2.30. The highest BCUT2D eigenvalue weighted by Crippen LogP contribution is 2.19. The maximum absolute atomic E-state index is 13.2. The van der Waals surface area contributed by atoms with E-state index in [1.807, 2.05) is 50.2 Å². The van der Waals surface area contributed by atoms with Crippen LogP contribution in [-0.4, -0.2) is 35.1 Å². The number of carbonyl (C=O) groups is 2. The molecule has 2 rings (SSSR count). The molecule has 1 atom stereocenters. The molecule has 0 radical (unpaired) electrons. The van der Waals surface area contributed by atoms with Gasteiger partial charge in [0, 0.05) is 23.3 Å². The van der Waals surface area contributed by atoms with Crippen LogP contribution in [0.2, 0.25) is 0 Å². The van der Waals surface area contributed by atoms with Crippen LogP contribution in [0.25, 0.3) is 0 Å². The van der Waals surface area contributed by atoms with Gasteiger partial charge in [-0.05, 0) is 43.0 Å². The van der Waals surface area contributed by atoms with E-state index in [1.165, 1.54) is 11.1 Å². The Labute approximate surface area is 199 Å². The zero-order chi connectivity index (χ0) is 22.6. The normalized spacial score (nSPS) is 11.7. The van der Waals surface area contributed by atoms with Gasteiger partial charge in [-0.2, -0.15) is 0 Å². The predicted molar refractivity (Wildman–Crippen MR) is 134 cm³/mol. The summed E-state index contributed by atoms with van der Waals surface area (Å²) in [4.78, 5) is 27.8. The SMILES string of the molecule is CCCCNC(=O)[C@@H](CC)N(Cc1ccc(C)cc1)C(=O)CSCc1ccc(Br)cc1. The molecular weight excluding hydrogens is 472 g/mol. The Kier molecular flexibility index (Phi) is 11.2. The summed E-state index contributed by atoms with van der Waals surface area (Å²) in [7, 11) is 0. The number of unbranched alkanes of at least 4 members (excludes halogenated alkanes) is 1. The lowest BCUT2D eigenvalue weighted by Crippen LogP contribution is -2.49. The standard InChI is InChI=1S/C25H33BrN2O2S/c1-4-6-15-27-25(30)23(5-2)28(16-20-9-7-19(3)8-10-20)24(29)18-31-17-21-11-13-22(26)14-12-21/h7-14,23H,4-6,15-18H2,1-3H3,(H,27,30)/t23-/m1/s1. The molecule has 1 N–H and O–H groups in total. The first-order valence-electron chi connectivity index (χ1n) is 10.9. The van der Waals surface area contributed by atoms with Crippen molar-refractivity contribution in [2.24, 2.45) is 0 Å². The van der Waals surface area contributed by atoms with Crippen molar-refractivity contribution in [3.63, 3.8) is 0 Å². The van der Waals surface area contributed by atoms with Gasteiger partial charge in [0.15, 0.2) is 0 Å². The molecule has 0 aliphatic carbocycles. The van der Waals surface area contributed by atoms with E-state index in [0.717, 1.165) is 28.6 Å². The van der Waals surface area contributed by atoms with Gasteiger partial charge in [0.1, 0.15) is 6.04 Å². The molecule has 0 saturated carbocycles. The number of hydrogen-bond donors (Lipinski definition) is 1. The monoisotopic (exact) mass is 504 g/mol. The van der Waals surface area contributed by atoms with Crippen molar-refractivity contribution >= 4 is 39.5 Å². The fraction of sp³-hybridized carbons (Fsp3) is 0.440. The molecule has 0 aromatic heterocycles. The number of hydrogen-bond acceptors (Lipinski definition) is 3. The average molecular weight is 506 g/mol. The number of amides is 2. The smallest absolute Gasteiger partial charge is 0.242 e. The Balaban J connectivity index is 2.08. The molecule has 168 valence electrons. The van der Waals surface area contributed by atoms with E-state index in [0.29, 0.717) is 25.3 Å². The first-order valence-corrected chi connectivity index (χ1v) is 12.8. The molecule has 4 nitrogen and oxygen atoms in total. The summed E-state index contributed by atoms with van der Waals surface area (Å²) < 4.78 is 1.04. The number of nitrogens with one attached hydrogen (secondary N) is 1. The number of rotatable bonds is 12. The number of aryl methyl sites for hydroxylation is 1. The highest BCUT2D eigenvalue weighted by Gasteiger charge is 2.28. The van der Waals surface area contributed by atoms with Gasteiger partial charge in [0.2, 0.25) is 11.8 Å². The fourth-order valence-electron chi connectivity index (χ4n) is 3.24. The number of thioether (sulfide) groups is 1. The van der Waals surface area contributed by atoms with Gasteiger partial charge in [-0.15, -0.1) is 11.8 Å². The second-order valence-electron chi connectivity index (χ2n) is 7.70. The highest BCUT2D eigenvalue weighted by atomic mass is 79.9. The maximum atomic E-state index is 13.2. The van der Waals surface area contributed by atoms with E-state index < -0.39 is 6.04 Å². The maximum Gasteiger partial charge on any atom is 0.242 e. The zero-order valence-corrected chi connectivity index (χ0v) is 21.1. The van der Waals surface area contributed by atoms with Crippen molar-refractivity contribution in [3.05, 3.63) is 69.7 Å². The molecule has 0 bridgehead atoms. The largest absolute Gasteiger partial charge is 0.354 e. The van der Waals surface area contributed by atoms with Crippen LogP contribution in [0, 0.1) is 6.92 Å². The van der Waals surface area contributed by atoms with Gasteiger partial charge >= 0.3 is 0 Å². The van der Waals surface area contributed by atoms with E-state index in [1.54, 1.807) is 16.7 Å². The van der Waals surface area contributed by atoms with Gasteiger partial charge in [0.05, 0.1) is 5.75 Å². The molecule has 0 aliphatic rings. The van der Waals surface area contributed by atoms with Crippen molar-refractivity contribution in [2.45, 2.75) is 58.4 Å². The lowest BCUT2D eigenvalue weighted by molar-refractivity contribution is -0.139. The third kappa shape index (κ3) is 8.69. The summed E-state index contributed by atoms with van der Waals surface area (Å²) in [5, 5.41) is 3.01. The van der Waals surface area contributed by atoms with E-state index >= 15 is 0 Å². The van der Waals surface area contributed by atoms with Gasteiger partial charge < -0.3 is 10.2 Å². The van der Waals surface area contributed by atoms with Crippen LogP contribution in [0.15, 0.2) is 53.0 Å². The van der Waals surface area contributed by atoms with Crippen LogP contribution >= 0.6 is 27.7 Å². The summed E-state index contributed by atoms with van der Waals surface area (Å²) in [5.41, 5.74) is 3.39. The van der Waals surface area contributed by atoms with Crippen molar-refractivity contribution in [3.8, 4) is 0 Å². The van der Waals surface area contributed by atoms with E-state index in [-0.39, 0.29) is 11.8 Å². The van der Waals surface area contributed by atoms with E-state index in [9.17, 15) is 9.59 Å². The van der Waals surface area contributed by atoms with E-state index in [4.69, 9.17) is 0 Å². The average Bonchev–Trinajstić information content (AvgIpc) is 2.76. The molecule has 0 aliphatic heterocycles. The van der Waals surface area contributed by atoms with Crippen molar-refractivity contribution in [1.29, 1.82) is 0 Å². The molecule has 0 saturated heterocycles. The first kappa shape index (κ1) is 25.5. The summed E-state index contributed by atoms with van der Waals surface area (Å²) in [6.07, 6.45) is 2.56. The van der Waals surface area contributed by atoms with Crippen LogP contribution in [0.4, 0.5) is 0 Å². The first-order chi connectivity index (χ1) is 14.9. The Morgan fingerprint density at radius 3 is 2.29 bits per heavy atom. The molecule has 2 amide bonds. The Morgan fingerprint density at radius 2 is 1.68 bits per heavy atom. The van der Waals surface area contributed by atoms with Gasteiger partial charge in [0.25, 0.3) is 0 Å². The summed E-state index contributed by atoms with van der Waals surface area (Å²) in [6.45, 7) is 7.20. The molecule has 2 aromatic rings. The molecule has 0 spiro atoms. The highest BCUT2D eigenvalue weighted by molar-refractivity contribution is 9.10. The Bertz CT molecular complexity index is 824. The minimum Gasteiger partial charge on any atom is -0.354 e. The summed E-state index contributed by atoms with van der Waals surface area (Å²) in [5.74, 6) is 1.05. The zero-order valence-electron chi connectivity index (χ0n) is 18.7. The third-order valence-corrected chi connectivity index (χ3v) is 6.61. The van der Waals surface area contributed by atoms with Crippen LogP contribution in [0.1, 0.15) is 49.8 Å². The quantitative estimate of drug-likeness (QED) is 0.376. The number of halogens is 1. The van der Waals surface area contributed by atoms with Crippen LogP contribution in [0.5, 0.6) is 0 Å². The fourth-order valence-corrected chi connectivity index (χ4v) is 4.37. The van der Waals surface area contributed by atoms with Gasteiger partial charge in [-0.3, -0.25) is 9.59 Å². The minimum atomic E-state index is -0.459. The second kappa shape index (κ2) is 13.6. The Hall–Kier alpha value is -1.79. The summed E-state index contributed by atoms with van der Waals surface area (Å²) in [6, 6.07) is 15.8. The van der Waals surface area contributed by atoms with Gasteiger partial charge in [-0.1, -0.05) is 78.2 Å². The minimum absolute atomic E-state index is 0.000165. The molecular formula is C25H33BrN2O2S. The van der Waals surface area contributed by atoms with Crippen molar-refractivity contribution < 1.29 is 9.59 Å². The van der Waals surface area contributed by atoms with Crippen LogP contribution in [0.3, 0.4) is 0 Å². The van der Waals surface area contributed by atoms with Crippen LogP contribution < -0.4 is 5.32 Å². The van der Waals surface area contributed by atoms with E-state index in [2.05, 4.69) is 40.3 Å².